The summed E-state index contributed by atoms with van der Waals surface area (Å²) in [5.41, 5.74) is 3.92. The van der Waals surface area contributed by atoms with E-state index in [1.807, 2.05) is 17.0 Å². The Labute approximate surface area is 271 Å². The molecule has 45 heavy (non-hydrogen) atoms. The number of likely N-dealkylation sites (N-methyl/N-ethyl adjacent to an activating group) is 1. The highest BCUT2D eigenvalue weighted by molar-refractivity contribution is 6.39. The first-order chi connectivity index (χ1) is 21.8. The monoisotopic (exact) mass is 653 g/mol. The van der Waals surface area contributed by atoms with E-state index in [0.717, 1.165) is 12.0 Å². The van der Waals surface area contributed by atoms with E-state index in [4.69, 9.17) is 32.9 Å². The first kappa shape index (κ1) is 32.5. The lowest BCUT2D eigenvalue weighted by atomic mass is 10.1. The van der Waals surface area contributed by atoms with Crippen LogP contribution in [0.15, 0.2) is 54.9 Å². The number of halogens is 3. The van der Waals surface area contributed by atoms with Crippen LogP contribution in [0.1, 0.15) is 24.0 Å². The van der Waals surface area contributed by atoms with E-state index < -0.39 is 5.82 Å². The number of methoxy groups -OCH3 is 1. The van der Waals surface area contributed by atoms with Crippen LogP contribution in [0.3, 0.4) is 0 Å². The third-order valence-corrected chi connectivity index (χ3v) is 8.28. The fourth-order valence-corrected chi connectivity index (χ4v) is 5.72. The molecule has 0 radical (unpaired) electrons. The number of aliphatic hydroxyl groups is 1. The molecule has 1 aliphatic heterocycles. The summed E-state index contributed by atoms with van der Waals surface area (Å²) in [4.78, 5) is 26.7. The van der Waals surface area contributed by atoms with Gasteiger partial charge in [-0.1, -0.05) is 41.4 Å². The molecule has 4 aromatic rings. The van der Waals surface area contributed by atoms with E-state index in [2.05, 4.69) is 25.9 Å². The van der Waals surface area contributed by atoms with Crippen molar-refractivity contribution in [3.63, 3.8) is 0 Å². The van der Waals surface area contributed by atoms with E-state index >= 15 is 4.39 Å². The molecule has 1 fully saturated rings. The van der Waals surface area contributed by atoms with Crippen molar-refractivity contribution in [2.45, 2.75) is 32.0 Å². The SMILES string of the molecule is COc1nc(-c2ccnc(-c3cccc(Nc4nccc(CN(C)CCO)c4F)c3Cl)c2Cl)ccc1CNC[C@@H]1CCC(=O)N1. The zero-order chi connectivity index (χ0) is 31.9. The van der Waals surface area contributed by atoms with Crippen LogP contribution in [-0.4, -0.2) is 70.8 Å². The lowest BCUT2D eigenvalue weighted by molar-refractivity contribution is -0.119. The Kier molecular flexibility index (Phi) is 10.8. The molecule has 0 bridgehead atoms. The van der Waals surface area contributed by atoms with Gasteiger partial charge in [0.25, 0.3) is 0 Å². The van der Waals surface area contributed by atoms with Gasteiger partial charge in [0.05, 0.1) is 40.8 Å². The lowest BCUT2D eigenvalue weighted by Crippen LogP contribution is -2.35. The Hall–Kier alpha value is -3.87. The van der Waals surface area contributed by atoms with Crippen molar-refractivity contribution in [3.05, 3.63) is 81.8 Å². The minimum absolute atomic E-state index is 0.0236. The number of rotatable bonds is 13. The number of hydrogen-bond acceptors (Lipinski definition) is 9. The number of nitrogens with zero attached hydrogens (tertiary/aromatic N) is 4. The van der Waals surface area contributed by atoms with E-state index in [9.17, 15) is 9.90 Å². The van der Waals surface area contributed by atoms with Crippen LogP contribution in [0.5, 0.6) is 5.88 Å². The molecule has 4 N–H and O–H groups in total. The summed E-state index contributed by atoms with van der Waals surface area (Å²) in [5, 5.41) is 19.1. The summed E-state index contributed by atoms with van der Waals surface area (Å²) in [7, 11) is 3.36. The number of aromatic nitrogens is 3. The van der Waals surface area contributed by atoms with Gasteiger partial charge in [-0.2, -0.15) is 0 Å². The molecule has 4 heterocycles. The smallest absolute Gasteiger partial charge is 0.220 e. The van der Waals surface area contributed by atoms with Gasteiger partial charge in [0.15, 0.2) is 11.6 Å². The number of carbonyl (C=O) groups excluding carboxylic acids is 1. The lowest BCUT2D eigenvalue weighted by Gasteiger charge is -2.17. The average Bonchev–Trinajstić information content (AvgIpc) is 3.45. The van der Waals surface area contributed by atoms with E-state index in [1.165, 1.54) is 6.20 Å². The number of hydrogen-bond donors (Lipinski definition) is 4. The molecule has 0 unspecified atom stereocenters. The van der Waals surface area contributed by atoms with Crippen molar-refractivity contribution >= 4 is 40.6 Å². The molecular formula is C32H34Cl2FN7O3. The van der Waals surface area contributed by atoms with Crippen molar-refractivity contribution in [2.75, 3.05) is 39.2 Å². The fraction of sp³-hybridized carbons (Fsp3) is 0.312. The van der Waals surface area contributed by atoms with Gasteiger partial charge < -0.3 is 25.8 Å². The van der Waals surface area contributed by atoms with Crippen LogP contribution >= 0.6 is 23.2 Å². The zero-order valence-electron chi connectivity index (χ0n) is 24.9. The molecule has 3 aromatic heterocycles. The zero-order valence-corrected chi connectivity index (χ0v) is 26.4. The Bertz CT molecular complexity index is 1680. The summed E-state index contributed by atoms with van der Waals surface area (Å²) in [6, 6.07) is 12.5. The standard InChI is InChI=1S/C32H34Cl2FN7O3/c1-42(14-15-43)18-20-10-12-38-31(29(20)35)40-25-5-3-4-23(27(25)33)30-28(34)22(11-13-37-30)24-8-6-19(32(41-24)45-2)16-36-17-21-7-9-26(44)39-21/h3-6,8,10-13,21,36,43H,7,9,14-18H2,1-2H3,(H,38,40)(H,39,44)/t21-/m0/s1. The molecule has 0 spiro atoms. The molecule has 1 aromatic carbocycles. The summed E-state index contributed by atoms with van der Waals surface area (Å²) < 4.78 is 20.9. The Morgan fingerprint density at radius 3 is 2.67 bits per heavy atom. The number of aliphatic hydroxyl groups excluding tert-OH is 1. The molecule has 0 saturated carbocycles. The highest BCUT2D eigenvalue weighted by Crippen LogP contribution is 2.41. The van der Waals surface area contributed by atoms with Crippen molar-refractivity contribution < 1.29 is 19.0 Å². The van der Waals surface area contributed by atoms with E-state index in [1.54, 1.807) is 50.7 Å². The predicted molar refractivity (Wildman–Crippen MR) is 173 cm³/mol. The minimum atomic E-state index is -0.508. The number of nitrogens with one attached hydrogen (secondary N) is 3. The molecule has 1 amide bonds. The van der Waals surface area contributed by atoms with Gasteiger partial charge in [-0.3, -0.25) is 14.7 Å². The summed E-state index contributed by atoms with van der Waals surface area (Å²) >= 11 is 13.8. The van der Waals surface area contributed by atoms with Gasteiger partial charge in [0, 0.05) is 73.3 Å². The largest absolute Gasteiger partial charge is 0.481 e. The first-order valence-corrected chi connectivity index (χ1v) is 15.2. The number of pyridine rings is 3. The van der Waals surface area contributed by atoms with Crippen LogP contribution in [0, 0.1) is 5.82 Å². The van der Waals surface area contributed by atoms with E-state index in [-0.39, 0.29) is 24.4 Å². The quantitative estimate of drug-likeness (QED) is 0.154. The number of carbonyl (C=O) groups is 1. The van der Waals surface area contributed by atoms with Gasteiger partial charge >= 0.3 is 0 Å². The average molecular weight is 655 g/mol. The predicted octanol–water partition coefficient (Wildman–Crippen LogP) is 5.20. The Morgan fingerprint density at radius 2 is 1.91 bits per heavy atom. The molecule has 1 aliphatic rings. The van der Waals surface area contributed by atoms with Gasteiger partial charge in [-0.25, -0.2) is 14.4 Å². The van der Waals surface area contributed by atoms with E-state index in [0.29, 0.717) is 82.3 Å². The van der Waals surface area contributed by atoms with Crippen LogP contribution in [-0.2, 0) is 17.9 Å². The van der Waals surface area contributed by atoms with Crippen molar-refractivity contribution in [1.82, 2.24) is 30.5 Å². The van der Waals surface area contributed by atoms with Crippen LogP contribution < -0.4 is 20.7 Å². The second-order valence-electron chi connectivity index (χ2n) is 10.7. The third kappa shape index (κ3) is 7.69. The van der Waals surface area contributed by atoms with Gasteiger partial charge in [-0.05, 0) is 37.7 Å². The molecule has 1 saturated heterocycles. The highest BCUT2D eigenvalue weighted by Gasteiger charge is 2.21. The molecule has 13 heteroatoms. The number of ether oxygens (including phenoxy) is 1. The maximum atomic E-state index is 15.3. The van der Waals surface area contributed by atoms with Gasteiger partial charge in [0.2, 0.25) is 11.8 Å². The molecular weight excluding hydrogens is 620 g/mol. The second-order valence-corrected chi connectivity index (χ2v) is 11.5. The van der Waals surface area contributed by atoms with Gasteiger partial charge in [0.1, 0.15) is 0 Å². The van der Waals surface area contributed by atoms with Crippen LogP contribution in [0.2, 0.25) is 10.0 Å². The summed E-state index contributed by atoms with van der Waals surface area (Å²) in [5.74, 6) is 0.0494. The normalized spacial score (nSPS) is 14.6. The maximum Gasteiger partial charge on any atom is 0.220 e. The maximum absolute atomic E-state index is 15.3. The van der Waals surface area contributed by atoms with Crippen LogP contribution in [0.4, 0.5) is 15.9 Å². The van der Waals surface area contributed by atoms with Crippen molar-refractivity contribution in [2.24, 2.45) is 0 Å². The fourth-order valence-electron chi connectivity index (χ4n) is 5.14. The number of anilines is 2. The van der Waals surface area contributed by atoms with Crippen molar-refractivity contribution in [1.29, 1.82) is 0 Å². The third-order valence-electron chi connectivity index (χ3n) is 7.49. The minimum Gasteiger partial charge on any atom is -0.481 e. The van der Waals surface area contributed by atoms with Crippen LogP contribution in [0.25, 0.3) is 22.5 Å². The summed E-state index contributed by atoms with van der Waals surface area (Å²) in [6.45, 7) is 1.87. The first-order valence-electron chi connectivity index (χ1n) is 14.5. The molecule has 236 valence electrons. The highest BCUT2D eigenvalue weighted by atomic mass is 35.5. The molecule has 1 atom stereocenters. The number of amides is 1. The Morgan fingerprint density at radius 1 is 1.09 bits per heavy atom. The molecule has 10 nitrogen and oxygen atoms in total. The van der Waals surface area contributed by atoms with Gasteiger partial charge in [-0.15, -0.1) is 0 Å². The Balaban J connectivity index is 1.37. The van der Waals surface area contributed by atoms with Crippen molar-refractivity contribution in [3.8, 4) is 28.4 Å². The topological polar surface area (TPSA) is 125 Å². The summed E-state index contributed by atoms with van der Waals surface area (Å²) in [6.07, 6.45) is 4.52. The number of benzene rings is 1. The molecule has 5 rings (SSSR count). The second kappa shape index (κ2) is 14.9. The molecule has 0 aliphatic carbocycles.